The molecule has 0 heterocycles. The third kappa shape index (κ3) is 2.37. The average molecular weight is 128 g/mol. The van der Waals surface area contributed by atoms with Crippen LogP contribution in [0.5, 0.6) is 0 Å². The van der Waals surface area contributed by atoms with Crippen LogP contribution in [0.15, 0.2) is 18.7 Å². The van der Waals surface area contributed by atoms with Crippen molar-refractivity contribution in [3.05, 3.63) is 24.8 Å². The van der Waals surface area contributed by atoms with Crippen LogP contribution in [-0.4, -0.2) is 0 Å². The summed E-state index contributed by atoms with van der Waals surface area (Å²) in [6, 6.07) is 0. The molecule has 0 aromatic rings. The van der Waals surface area contributed by atoms with Gasteiger partial charge >= 0.3 is 18.9 Å². The van der Waals surface area contributed by atoms with Gasteiger partial charge in [0.15, 0.2) is 0 Å². The van der Waals surface area contributed by atoms with Crippen molar-refractivity contribution in [2.24, 2.45) is 5.41 Å². The van der Waals surface area contributed by atoms with Crippen LogP contribution in [0, 0.1) is 11.5 Å². The zero-order valence-electron chi connectivity index (χ0n) is 6.98. The molecule has 0 bridgehead atoms. The summed E-state index contributed by atoms with van der Waals surface area (Å²) in [6.45, 7) is 5.95. The van der Waals surface area contributed by atoms with Crippen LogP contribution < -0.4 is 18.9 Å². The molecular weight excluding hydrogens is 115 g/mol. The molecule has 50 valence electrons. The van der Waals surface area contributed by atoms with E-state index >= 15 is 0 Å². The van der Waals surface area contributed by atoms with E-state index in [1.807, 2.05) is 6.08 Å². The van der Waals surface area contributed by atoms with Gasteiger partial charge in [-0.05, 0) is 0 Å². The zero-order valence-corrected chi connectivity index (χ0v) is 6.98. The maximum absolute atomic E-state index is 3.77. The van der Waals surface area contributed by atoms with E-state index < -0.39 is 0 Å². The van der Waals surface area contributed by atoms with Crippen molar-refractivity contribution in [2.45, 2.75) is 26.2 Å². The van der Waals surface area contributed by atoms with Crippen LogP contribution >= 0.6 is 0 Å². The van der Waals surface area contributed by atoms with Crippen molar-refractivity contribution in [3.63, 3.8) is 0 Å². The molecule has 10 heavy (non-hydrogen) atoms. The summed E-state index contributed by atoms with van der Waals surface area (Å²) in [6.07, 6.45) is 11.1. The van der Waals surface area contributed by atoms with E-state index in [-0.39, 0.29) is 24.3 Å². The van der Waals surface area contributed by atoms with Gasteiger partial charge in [0.2, 0.25) is 0 Å². The Morgan fingerprint density at radius 3 is 2.70 bits per heavy atom. The molecule has 1 aliphatic carbocycles. The normalized spacial score (nSPS) is 30.9. The smallest absolute Gasteiger partial charge is 0.491 e. The van der Waals surface area contributed by atoms with E-state index in [4.69, 9.17) is 0 Å². The molecule has 0 radical (unpaired) electrons. The molecule has 0 aromatic carbocycles. The van der Waals surface area contributed by atoms with Crippen molar-refractivity contribution in [1.82, 2.24) is 0 Å². The van der Waals surface area contributed by atoms with Crippen molar-refractivity contribution in [1.29, 1.82) is 0 Å². The molecule has 1 heteroatoms. The summed E-state index contributed by atoms with van der Waals surface area (Å²) in [5.74, 6) is 0. The van der Waals surface area contributed by atoms with E-state index in [9.17, 15) is 0 Å². The molecular formula is C9H13Li. The summed E-state index contributed by atoms with van der Waals surface area (Å²) in [4.78, 5) is 0. The number of rotatable bonds is 1. The van der Waals surface area contributed by atoms with Gasteiger partial charge in [0.1, 0.15) is 0 Å². The number of hydrogen-bond donors (Lipinski definition) is 0. The fraction of sp³-hybridized carbons (Fsp3) is 0.556. The molecule has 0 saturated carbocycles. The molecule has 1 atom stereocenters. The van der Waals surface area contributed by atoms with Gasteiger partial charge in [-0.15, -0.1) is 18.1 Å². The van der Waals surface area contributed by atoms with Crippen molar-refractivity contribution < 1.29 is 18.9 Å². The molecule has 0 fully saturated rings. The van der Waals surface area contributed by atoms with Gasteiger partial charge in [0.05, 0.1) is 0 Å². The monoisotopic (exact) mass is 128 g/mol. The fourth-order valence-electron chi connectivity index (χ4n) is 1.11. The Labute approximate surface area is 75.6 Å². The Balaban J connectivity index is 0.000000810. The minimum absolute atomic E-state index is 0. The molecule has 1 unspecified atom stereocenters. The molecule has 0 nitrogen and oxygen atoms in total. The van der Waals surface area contributed by atoms with Gasteiger partial charge in [0, 0.05) is 0 Å². The Morgan fingerprint density at radius 1 is 1.70 bits per heavy atom. The molecule has 0 aromatic heterocycles. The summed E-state index contributed by atoms with van der Waals surface area (Å²) in [5, 5.41) is 0. The fourth-order valence-corrected chi connectivity index (χ4v) is 1.11. The minimum atomic E-state index is 0. The van der Waals surface area contributed by atoms with Crippen LogP contribution in [0.2, 0.25) is 0 Å². The Hall–Kier alpha value is 0.0774. The second-order valence-corrected chi connectivity index (χ2v) is 2.86. The van der Waals surface area contributed by atoms with E-state index in [2.05, 4.69) is 25.7 Å². The van der Waals surface area contributed by atoms with Gasteiger partial charge in [-0.3, -0.25) is 6.08 Å². The SMILES string of the molecule is C=CC1(C)[C-]=CCCC1.[Li+]. The van der Waals surface area contributed by atoms with Crippen LogP contribution in [0.25, 0.3) is 0 Å². The average Bonchev–Trinajstić information content (AvgIpc) is 1.90. The molecule has 0 N–H and O–H groups in total. The van der Waals surface area contributed by atoms with Crippen molar-refractivity contribution in [2.75, 3.05) is 0 Å². The summed E-state index contributed by atoms with van der Waals surface area (Å²) in [7, 11) is 0. The first-order valence-electron chi connectivity index (χ1n) is 3.50. The third-order valence-electron chi connectivity index (χ3n) is 1.93. The number of hydrogen-bond acceptors (Lipinski definition) is 0. The van der Waals surface area contributed by atoms with E-state index in [0.717, 1.165) is 0 Å². The predicted molar refractivity (Wildman–Crippen MR) is 40.0 cm³/mol. The summed E-state index contributed by atoms with van der Waals surface area (Å²) < 4.78 is 0. The predicted octanol–water partition coefficient (Wildman–Crippen LogP) is -0.274. The van der Waals surface area contributed by atoms with Crippen molar-refractivity contribution in [3.8, 4) is 0 Å². The molecule has 1 rings (SSSR count). The molecule has 0 spiro atoms. The van der Waals surface area contributed by atoms with Crippen molar-refractivity contribution >= 4 is 0 Å². The quantitative estimate of drug-likeness (QED) is 0.259. The summed E-state index contributed by atoms with van der Waals surface area (Å²) >= 11 is 0. The second kappa shape index (κ2) is 4.06. The Bertz CT molecular complexity index is 138. The first-order chi connectivity index (χ1) is 4.27. The molecule has 0 saturated heterocycles. The Kier molecular flexibility index (Phi) is 4.09. The van der Waals surface area contributed by atoms with Gasteiger partial charge < -0.3 is 6.08 Å². The molecule has 0 amide bonds. The number of allylic oxidation sites excluding steroid dienone is 3. The summed E-state index contributed by atoms with van der Waals surface area (Å²) in [5.41, 5.74) is 0.179. The first-order valence-corrected chi connectivity index (χ1v) is 3.50. The van der Waals surface area contributed by atoms with Crippen LogP contribution in [0.4, 0.5) is 0 Å². The van der Waals surface area contributed by atoms with Gasteiger partial charge in [-0.1, -0.05) is 26.2 Å². The van der Waals surface area contributed by atoms with Crippen LogP contribution in [0.1, 0.15) is 26.2 Å². The first kappa shape index (κ1) is 10.1. The topological polar surface area (TPSA) is 0 Å². The van der Waals surface area contributed by atoms with Crippen LogP contribution in [-0.2, 0) is 0 Å². The van der Waals surface area contributed by atoms with Gasteiger partial charge in [0.25, 0.3) is 0 Å². The minimum Gasteiger partial charge on any atom is -0.491 e. The maximum atomic E-state index is 3.77. The largest absolute Gasteiger partial charge is 1.00 e. The third-order valence-corrected chi connectivity index (χ3v) is 1.93. The molecule has 1 aliphatic rings. The van der Waals surface area contributed by atoms with Crippen LogP contribution in [0.3, 0.4) is 0 Å². The van der Waals surface area contributed by atoms with Gasteiger partial charge in [-0.25, -0.2) is 0 Å². The molecule has 0 aliphatic heterocycles. The Morgan fingerprint density at radius 2 is 2.40 bits per heavy atom. The maximum Gasteiger partial charge on any atom is 1.00 e. The second-order valence-electron chi connectivity index (χ2n) is 2.86. The van der Waals surface area contributed by atoms with E-state index in [1.54, 1.807) is 0 Å². The zero-order chi connectivity index (χ0) is 6.74. The standard InChI is InChI=1S/C9H13.Li/c1-3-9(2)7-5-4-6-8-9;/h3,5H,1,4,6,8H2,2H3;/q-1;+1. The van der Waals surface area contributed by atoms with E-state index in [1.165, 1.54) is 19.3 Å². The van der Waals surface area contributed by atoms with E-state index in [0.29, 0.717) is 0 Å². The van der Waals surface area contributed by atoms with Gasteiger partial charge in [-0.2, -0.15) is 0 Å².